The van der Waals surface area contributed by atoms with Crippen molar-refractivity contribution in [3.05, 3.63) is 0 Å². The van der Waals surface area contributed by atoms with Crippen molar-refractivity contribution in [2.75, 3.05) is 33.7 Å². The Balaban J connectivity index is 2.73. The topological polar surface area (TPSA) is 12.0 Å². The molecule has 0 aromatic heterocycles. The molecule has 0 saturated carbocycles. The number of hydrogen-bond acceptors (Lipinski definition) is 1. The molecular weight excluding hydrogens is 196 g/mol. The van der Waals surface area contributed by atoms with E-state index in [0.29, 0.717) is 5.54 Å². The van der Waals surface area contributed by atoms with Crippen LogP contribution in [0, 0.1) is 0 Å². The molecular formula is C14H31N2+. The molecule has 0 unspecified atom stereocenters. The Morgan fingerprint density at radius 3 is 2.06 bits per heavy atom. The second-order valence-corrected chi connectivity index (χ2v) is 6.02. The summed E-state index contributed by atoms with van der Waals surface area (Å²) in [6.07, 6.45) is 8.20. The molecule has 1 aliphatic heterocycles. The second-order valence-electron chi connectivity index (χ2n) is 6.02. The van der Waals surface area contributed by atoms with E-state index in [1.807, 2.05) is 0 Å². The maximum Gasteiger partial charge on any atom is 0.111 e. The first-order valence-electron chi connectivity index (χ1n) is 7.12. The summed E-state index contributed by atoms with van der Waals surface area (Å²) in [5.41, 5.74) is 0.504. The van der Waals surface area contributed by atoms with Gasteiger partial charge >= 0.3 is 0 Å². The summed E-state index contributed by atoms with van der Waals surface area (Å²) < 4.78 is 1.22. The summed E-state index contributed by atoms with van der Waals surface area (Å²) in [5.74, 6) is 0. The molecule has 0 spiro atoms. The van der Waals surface area contributed by atoms with Crippen molar-refractivity contribution in [1.82, 2.24) is 5.32 Å². The molecule has 0 atom stereocenters. The zero-order chi connectivity index (χ0) is 12.1. The Bertz CT molecular complexity index is 191. The Kier molecular flexibility index (Phi) is 5.26. The number of nitrogens with zero attached hydrogens (tertiary/aromatic N) is 1. The number of piperazine rings is 1. The monoisotopic (exact) mass is 227 g/mol. The molecule has 1 N–H and O–H groups in total. The van der Waals surface area contributed by atoms with E-state index < -0.39 is 0 Å². The van der Waals surface area contributed by atoms with E-state index in [9.17, 15) is 0 Å². The molecule has 0 bridgehead atoms. The van der Waals surface area contributed by atoms with Gasteiger partial charge in [-0.1, -0.05) is 26.7 Å². The van der Waals surface area contributed by atoms with Crippen molar-refractivity contribution in [2.24, 2.45) is 0 Å². The Morgan fingerprint density at radius 1 is 1.06 bits per heavy atom. The number of unbranched alkanes of at least 4 members (excludes halogenated alkanes) is 2. The van der Waals surface area contributed by atoms with E-state index in [2.05, 4.69) is 33.3 Å². The van der Waals surface area contributed by atoms with Crippen LogP contribution in [0.1, 0.15) is 52.4 Å². The van der Waals surface area contributed by atoms with E-state index in [4.69, 9.17) is 0 Å². The lowest BCUT2D eigenvalue weighted by Crippen LogP contribution is -2.69. The number of rotatable bonds is 6. The van der Waals surface area contributed by atoms with Crippen LogP contribution in [-0.2, 0) is 0 Å². The van der Waals surface area contributed by atoms with Gasteiger partial charge < -0.3 is 9.80 Å². The third kappa shape index (κ3) is 2.98. The minimum atomic E-state index is 0.504. The van der Waals surface area contributed by atoms with Gasteiger partial charge in [-0.15, -0.1) is 0 Å². The van der Waals surface area contributed by atoms with Crippen molar-refractivity contribution in [3.8, 4) is 0 Å². The highest BCUT2D eigenvalue weighted by molar-refractivity contribution is 4.86. The molecule has 0 radical (unpaired) electrons. The molecule has 0 aromatic rings. The molecule has 1 aliphatic rings. The summed E-state index contributed by atoms with van der Waals surface area (Å²) in [7, 11) is 4.87. The Hall–Kier alpha value is -0.0800. The lowest BCUT2D eigenvalue weighted by molar-refractivity contribution is -0.945. The molecule has 1 heterocycles. The molecule has 2 heteroatoms. The van der Waals surface area contributed by atoms with Crippen molar-refractivity contribution < 1.29 is 4.48 Å². The van der Waals surface area contributed by atoms with Gasteiger partial charge in [-0.3, -0.25) is 0 Å². The maximum atomic E-state index is 3.63. The summed E-state index contributed by atoms with van der Waals surface area (Å²) in [4.78, 5) is 0. The average Bonchev–Trinajstić information content (AvgIpc) is 2.26. The molecule has 2 nitrogen and oxygen atoms in total. The van der Waals surface area contributed by atoms with Crippen LogP contribution in [-0.4, -0.2) is 43.8 Å². The van der Waals surface area contributed by atoms with Gasteiger partial charge in [-0.05, 0) is 12.8 Å². The lowest BCUT2D eigenvalue weighted by atomic mass is 9.82. The zero-order valence-corrected chi connectivity index (χ0v) is 11.8. The highest BCUT2D eigenvalue weighted by atomic mass is 15.4. The summed E-state index contributed by atoms with van der Waals surface area (Å²) in [6, 6.07) is 0. The highest BCUT2D eigenvalue weighted by Gasteiger charge is 2.45. The first-order chi connectivity index (χ1) is 7.58. The van der Waals surface area contributed by atoms with Crippen molar-refractivity contribution in [3.63, 3.8) is 0 Å². The smallest absolute Gasteiger partial charge is 0.111 e. The van der Waals surface area contributed by atoms with E-state index in [1.165, 1.54) is 62.6 Å². The Morgan fingerprint density at radius 2 is 1.62 bits per heavy atom. The molecule has 0 amide bonds. The average molecular weight is 227 g/mol. The minimum Gasteiger partial charge on any atom is -0.322 e. The third-order valence-electron chi connectivity index (χ3n) is 4.58. The molecule has 0 aromatic carbocycles. The van der Waals surface area contributed by atoms with Crippen LogP contribution in [0.25, 0.3) is 0 Å². The first-order valence-corrected chi connectivity index (χ1v) is 7.12. The quantitative estimate of drug-likeness (QED) is 0.688. The Labute approximate surface area is 102 Å². The van der Waals surface area contributed by atoms with Crippen LogP contribution in [0.5, 0.6) is 0 Å². The van der Waals surface area contributed by atoms with E-state index >= 15 is 0 Å². The first kappa shape index (κ1) is 14.0. The van der Waals surface area contributed by atoms with Gasteiger partial charge in [0.25, 0.3) is 0 Å². The minimum absolute atomic E-state index is 0.504. The molecule has 16 heavy (non-hydrogen) atoms. The molecule has 1 saturated heterocycles. The molecule has 1 fully saturated rings. The van der Waals surface area contributed by atoms with Gasteiger partial charge in [-0.2, -0.15) is 0 Å². The van der Waals surface area contributed by atoms with E-state index in [0.717, 1.165) is 0 Å². The number of nitrogens with one attached hydrogen (secondary N) is 1. The number of quaternary nitrogens is 1. The predicted molar refractivity (Wildman–Crippen MR) is 71.6 cm³/mol. The van der Waals surface area contributed by atoms with Crippen LogP contribution in [0.3, 0.4) is 0 Å². The third-order valence-corrected chi connectivity index (χ3v) is 4.58. The SMILES string of the molecule is CCCCC1(CCCC)CNCC[N+]1(C)C. The normalized spacial score (nSPS) is 23.2. The largest absolute Gasteiger partial charge is 0.322 e. The predicted octanol–water partition coefficient (Wildman–Crippen LogP) is 2.79. The molecule has 96 valence electrons. The lowest BCUT2D eigenvalue weighted by Gasteiger charge is -2.52. The van der Waals surface area contributed by atoms with Crippen LogP contribution < -0.4 is 5.32 Å². The maximum absolute atomic E-state index is 3.63. The standard InChI is InChI=1S/C14H31N2/c1-5-7-9-14(10-8-6-2)13-15-11-12-16(14,3)4/h15H,5-13H2,1-4H3/q+1. The second kappa shape index (κ2) is 6.02. The van der Waals surface area contributed by atoms with E-state index in [1.54, 1.807) is 0 Å². The fourth-order valence-corrected chi connectivity index (χ4v) is 3.05. The van der Waals surface area contributed by atoms with Gasteiger partial charge in [0, 0.05) is 19.4 Å². The fraction of sp³-hybridized carbons (Fsp3) is 1.00. The zero-order valence-electron chi connectivity index (χ0n) is 11.8. The van der Waals surface area contributed by atoms with Crippen molar-refractivity contribution >= 4 is 0 Å². The van der Waals surface area contributed by atoms with Gasteiger partial charge in [-0.25, -0.2) is 0 Å². The summed E-state index contributed by atoms with van der Waals surface area (Å²) in [6.45, 7) is 8.31. The summed E-state index contributed by atoms with van der Waals surface area (Å²) in [5, 5.41) is 3.63. The van der Waals surface area contributed by atoms with Crippen LogP contribution >= 0.6 is 0 Å². The van der Waals surface area contributed by atoms with E-state index in [-0.39, 0.29) is 0 Å². The number of hydrogen-bond donors (Lipinski definition) is 1. The molecule has 0 aliphatic carbocycles. The van der Waals surface area contributed by atoms with Gasteiger partial charge in [0.05, 0.1) is 27.2 Å². The van der Waals surface area contributed by atoms with Crippen molar-refractivity contribution in [2.45, 2.75) is 57.9 Å². The van der Waals surface area contributed by atoms with Crippen LogP contribution in [0.15, 0.2) is 0 Å². The van der Waals surface area contributed by atoms with Crippen molar-refractivity contribution in [1.29, 1.82) is 0 Å². The highest BCUT2D eigenvalue weighted by Crippen LogP contribution is 2.33. The molecule has 1 rings (SSSR count). The van der Waals surface area contributed by atoms with Crippen LogP contribution in [0.2, 0.25) is 0 Å². The van der Waals surface area contributed by atoms with Gasteiger partial charge in [0.15, 0.2) is 0 Å². The number of likely N-dealkylation sites (N-methyl/N-ethyl adjacent to an activating group) is 1. The van der Waals surface area contributed by atoms with Crippen LogP contribution in [0.4, 0.5) is 0 Å². The fourth-order valence-electron chi connectivity index (χ4n) is 3.05. The van der Waals surface area contributed by atoms with Gasteiger partial charge in [0.2, 0.25) is 0 Å². The summed E-state index contributed by atoms with van der Waals surface area (Å²) >= 11 is 0. The van der Waals surface area contributed by atoms with Gasteiger partial charge in [0.1, 0.15) is 5.54 Å².